The molecule has 2 aromatic heterocycles. The van der Waals surface area contributed by atoms with Gasteiger partial charge in [-0.3, -0.25) is 9.59 Å². The SMILES string of the molecule is COC(=O)N[C@H](C(=O)N1CCC[C@H]1c1nc2c([nH]1)-c1ccc(-c3ccc(-c4ccc5nc(C6(N(C)C(=O)[C@@H](NC(=O)OC)C(C)C)CCC6)[nH]c5c4)cc3)cc1CC2)C(C)C. The van der Waals surface area contributed by atoms with Crippen LogP contribution in [0.1, 0.15) is 88.7 Å². The summed E-state index contributed by atoms with van der Waals surface area (Å²) in [4.78, 5) is 72.4. The van der Waals surface area contributed by atoms with Crippen molar-refractivity contribution in [3.05, 3.63) is 83.6 Å². The predicted molar refractivity (Wildman–Crippen MR) is 232 cm³/mol. The summed E-state index contributed by atoms with van der Waals surface area (Å²) in [5, 5.41) is 5.45. The molecule has 14 heteroatoms. The van der Waals surface area contributed by atoms with Crippen molar-refractivity contribution in [2.45, 2.75) is 96.3 Å². The van der Waals surface area contributed by atoms with Crippen LogP contribution in [-0.4, -0.2) is 93.6 Å². The fraction of sp³-hybridized carbons (Fsp3) is 0.447. The summed E-state index contributed by atoms with van der Waals surface area (Å²) in [6.45, 7) is 8.26. The first-order valence-electron chi connectivity index (χ1n) is 21.4. The summed E-state index contributed by atoms with van der Waals surface area (Å²) in [6, 6.07) is 19.8. The van der Waals surface area contributed by atoms with E-state index >= 15 is 0 Å². The van der Waals surface area contributed by atoms with Crippen LogP contribution in [0, 0.1) is 11.8 Å². The lowest BCUT2D eigenvalue weighted by Crippen LogP contribution is -2.59. The maximum absolute atomic E-state index is 13.8. The summed E-state index contributed by atoms with van der Waals surface area (Å²) in [7, 11) is 4.40. The number of benzene rings is 3. The van der Waals surface area contributed by atoms with E-state index in [1.54, 1.807) is 11.9 Å². The third-order valence-corrected chi connectivity index (χ3v) is 13.1. The Bertz CT molecular complexity index is 2470. The molecule has 1 saturated carbocycles. The summed E-state index contributed by atoms with van der Waals surface area (Å²) in [5.74, 6) is 1.03. The maximum Gasteiger partial charge on any atom is 0.407 e. The quantitative estimate of drug-likeness (QED) is 0.105. The van der Waals surface area contributed by atoms with E-state index < -0.39 is 29.8 Å². The van der Waals surface area contributed by atoms with Crippen molar-refractivity contribution in [2.75, 3.05) is 27.8 Å². The molecule has 5 aromatic rings. The van der Waals surface area contributed by atoms with Crippen LogP contribution in [0.2, 0.25) is 0 Å². The second kappa shape index (κ2) is 16.7. The highest BCUT2D eigenvalue weighted by Crippen LogP contribution is 2.46. The van der Waals surface area contributed by atoms with Gasteiger partial charge in [0.15, 0.2) is 0 Å². The number of carbonyl (C=O) groups excluding carboxylic acids is 4. The van der Waals surface area contributed by atoms with Crippen molar-refractivity contribution >= 4 is 35.0 Å². The van der Waals surface area contributed by atoms with Crippen LogP contribution in [-0.2, 0) is 37.4 Å². The smallest absolute Gasteiger partial charge is 0.407 e. The molecule has 2 fully saturated rings. The first-order valence-corrected chi connectivity index (χ1v) is 21.4. The maximum atomic E-state index is 13.8. The Kier molecular flexibility index (Phi) is 11.4. The number of methoxy groups -OCH3 is 2. The molecule has 0 radical (unpaired) electrons. The number of hydrogen-bond donors (Lipinski definition) is 4. The standard InChI is InChI=1S/C47H56N8O6/c1-26(2)38(52-45(58)60-6)42(56)54(5)47(21-9-22-47)44-49-34-19-16-31(25-36(34)50-44)29-13-11-28(12-14-29)30-15-18-33-32(24-30)17-20-35-40(33)51-41(48-35)37-10-8-23-55(37)43(57)39(27(3)4)53-46(59)61-7/h11-16,18-19,24-27,37-39H,8-10,17,20-23H2,1-7H3,(H,48,51)(H,49,50)(H,52,58)(H,53,59)/t37-,38-,39-/m0/s1. The lowest BCUT2D eigenvalue weighted by molar-refractivity contribution is -0.143. The summed E-state index contributed by atoms with van der Waals surface area (Å²) in [6.07, 6.45) is 4.62. The van der Waals surface area contributed by atoms with Crippen molar-refractivity contribution < 1.29 is 28.7 Å². The largest absolute Gasteiger partial charge is 0.453 e. The van der Waals surface area contributed by atoms with E-state index in [1.807, 2.05) is 38.7 Å². The zero-order chi connectivity index (χ0) is 43.2. The Morgan fingerprint density at radius 3 is 2.03 bits per heavy atom. The second-order valence-electron chi connectivity index (χ2n) is 17.4. The molecule has 0 unspecified atom stereocenters. The van der Waals surface area contributed by atoms with E-state index in [1.165, 1.54) is 19.8 Å². The Hall–Kier alpha value is -6.18. The number of imidazole rings is 2. The molecule has 320 valence electrons. The van der Waals surface area contributed by atoms with E-state index in [9.17, 15) is 19.2 Å². The van der Waals surface area contributed by atoms with Gasteiger partial charge in [-0.1, -0.05) is 76.2 Å². The van der Waals surface area contributed by atoms with Crippen molar-refractivity contribution in [1.29, 1.82) is 0 Å². The van der Waals surface area contributed by atoms with Crippen LogP contribution in [0.25, 0.3) is 44.5 Å². The molecule has 8 rings (SSSR count). The van der Waals surface area contributed by atoms with Gasteiger partial charge in [0, 0.05) is 19.2 Å². The number of rotatable bonds is 11. The van der Waals surface area contributed by atoms with E-state index in [-0.39, 0.29) is 29.7 Å². The molecule has 3 atom stereocenters. The molecule has 3 aromatic carbocycles. The zero-order valence-electron chi connectivity index (χ0n) is 36.1. The minimum Gasteiger partial charge on any atom is -0.453 e. The number of aryl methyl sites for hydroxylation is 2. The van der Waals surface area contributed by atoms with Crippen molar-refractivity contribution in [3.8, 4) is 33.5 Å². The van der Waals surface area contributed by atoms with Gasteiger partial charge in [-0.05, 0) is 96.7 Å². The van der Waals surface area contributed by atoms with Gasteiger partial charge in [-0.25, -0.2) is 19.6 Å². The number of nitrogens with one attached hydrogen (secondary N) is 4. The van der Waals surface area contributed by atoms with Crippen LogP contribution in [0.3, 0.4) is 0 Å². The number of H-pyrrole nitrogens is 2. The Balaban J connectivity index is 0.982. The monoisotopic (exact) mass is 828 g/mol. The fourth-order valence-corrected chi connectivity index (χ4v) is 9.29. The Morgan fingerprint density at radius 2 is 1.41 bits per heavy atom. The number of hydrogen-bond acceptors (Lipinski definition) is 8. The summed E-state index contributed by atoms with van der Waals surface area (Å²) >= 11 is 0. The molecular formula is C47H56N8O6. The lowest BCUT2D eigenvalue weighted by atomic mass is 9.74. The first-order chi connectivity index (χ1) is 29.3. The Morgan fingerprint density at radius 1 is 0.787 bits per heavy atom. The molecule has 1 saturated heterocycles. The normalized spacial score (nSPS) is 17.6. The number of likely N-dealkylation sites (tertiary alicyclic amines) is 1. The predicted octanol–water partition coefficient (Wildman–Crippen LogP) is 7.65. The fourth-order valence-electron chi connectivity index (χ4n) is 9.29. The third kappa shape index (κ3) is 7.72. The molecule has 2 aliphatic carbocycles. The first kappa shape index (κ1) is 41.5. The molecule has 4 amide bonds. The number of amides is 4. The number of likely N-dealkylation sites (N-methyl/N-ethyl adjacent to an activating group) is 1. The number of aromatic nitrogens is 4. The van der Waals surface area contributed by atoms with E-state index in [0.717, 1.165) is 107 Å². The van der Waals surface area contributed by atoms with E-state index in [0.29, 0.717) is 6.54 Å². The van der Waals surface area contributed by atoms with Gasteiger partial charge >= 0.3 is 12.2 Å². The minimum atomic E-state index is -0.718. The van der Waals surface area contributed by atoms with Gasteiger partial charge in [0.1, 0.15) is 29.3 Å². The number of alkyl carbamates (subject to hydrolysis) is 2. The van der Waals surface area contributed by atoms with Crippen molar-refractivity contribution in [1.82, 2.24) is 40.4 Å². The molecule has 61 heavy (non-hydrogen) atoms. The molecule has 1 aliphatic heterocycles. The minimum absolute atomic E-state index is 0.0997. The van der Waals surface area contributed by atoms with Gasteiger partial charge in [0.25, 0.3) is 0 Å². The van der Waals surface area contributed by atoms with Gasteiger partial charge in [0.05, 0.1) is 42.7 Å². The molecule has 3 heterocycles. The van der Waals surface area contributed by atoms with E-state index in [2.05, 4.69) is 75.2 Å². The molecule has 0 spiro atoms. The number of fused-ring (bicyclic) bond motifs is 4. The highest BCUT2D eigenvalue weighted by Gasteiger charge is 2.49. The lowest BCUT2D eigenvalue weighted by Gasteiger charge is -2.48. The number of carbonyl (C=O) groups is 4. The van der Waals surface area contributed by atoms with Crippen molar-refractivity contribution in [2.24, 2.45) is 11.8 Å². The average Bonchev–Trinajstić information content (AvgIpc) is 4.02. The molecule has 3 aliphatic rings. The van der Waals surface area contributed by atoms with Gasteiger partial charge in [-0.15, -0.1) is 0 Å². The van der Waals surface area contributed by atoms with Gasteiger partial charge < -0.3 is 39.9 Å². The highest BCUT2D eigenvalue weighted by molar-refractivity contribution is 5.88. The molecule has 14 nitrogen and oxygen atoms in total. The van der Waals surface area contributed by atoms with Crippen molar-refractivity contribution in [3.63, 3.8) is 0 Å². The van der Waals surface area contributed by atoms with Gasteiger partial charge in [0.2, 0.25) is 11.8 Å². The number of ether oxygens (including phenoxy) is 2. The topological polar surface area (TPSA) is 175 Å². The van der Waals surface area contributed by atoms with Crippen LogP contribution in [0.4, 0.5) is 9.59 Å². The molecule has 4 N–H and O–H groups in total. The van der Waals surface area contributed by atoms with Crippen LogP contribution in [0.5, 0.6) is 0 Å². The Labute approximate surface area is 356 Å². The van der Waals surface area contributed by atoms with E-state index in [4.69, 9.17) is 19.4 Å². The number of aromatic amines is 2. The highest BCUT2D eigenvalue weighted by atomic mass is 16.5. The van der Waals surface area contributed by atoms with Crippen LogP contribution < -0.4 is 10.6 Å². The number of nitrogens with zero attached hydrogens (tertiary/aromatic N) is 4. The van der Waals surface area contributed by atoms with Gasteiger partial charge in [-0.2, -0.15) is 0 Å². The second-order valence-corrected chi connectivity index (χ2v) is 17.4. The van der Waals surface area contributed by atoms with Crippen LogP contribution >= 0.6 is 0 Å². The molecule has 0 bridgehead atoms. The molecular weight excluding hydrogens is 773 g/mol. The third-order valence-electron chi connectivity index (χ3n) is 13.1. The summed E-state index contributed by atoms with van der Waals surface area (Å²) < 4.78 is 9.60. The van der Waals surface area contributed by atoms with Crippen LogP contribution in [0.15, 0.2) is 60.7 Å². The zero-order valence-corrected chi connectivity index (χ0v) is 36.1. The average molecular weight is 829 g/mol. The summed E-state index contributed by atoms with van der Waals surface area (Å²) in [5.41, 5.74) is 9.95.